The van der Waals surface area contributed by atoms with E-state index in [2.05, 4.69) is 6.58 Å². The molecular weight excluding hydrogens is 220 g/mol. The van der Waals surface area contributed by atoms with Crippen LogP contribution in [0.25, 0.3) is 0 Å². The van der Waals surface area contributed by atoms with Crippen molar-refractivity contribution in [2.24, 2.45) is 11.8 Å². The first-order valence-electron chi connectivity index (χ1n) is 5.85. The van der Waals surface area contributed by atoms with Crippen LogP contribution in [0.4, 0.5) is 0 Å². The van der Waals surface area contributed by atoms with E-state index in [1.807, 2.05) is 20.8 Å². The van der Waals surface area contributed by atoms with Crippen molar-refractivity contribution in [2.75, 3.05) is 13.2 Å². The van der Waals surface area contributed by atoms with Crippen molar-refractivity contribution in [2.45, 2.75) is 34.1 Å². The first kappa shape index (κ1) is 15.7. The number of hydrogen-bond acceptors (Lipinski definition) is 4. The SMILES string of the molecule is C=C(C)C(=O)OCCCOC(=O)C(C)C(C)C. The van der Waals surface area contributed by atoms with Crippen molar-refractivity contribution in [3.8, 4) is 0 Å². The largest absolute Gasteiger partial charge is 0.465 e. The van der Waals surface area contributed by atoms with E-state index in [1.54, 1.807) is 6.92 Å². The van der Waals surface area contributed by atoms with Crippen LogP contribution in [0.3, 0.4) is 0 Å². The van der Waals surface area contributed by atoms with Gasteiger partial charge in [-0.3, -0.25) is 4.79 Å². The highest BCUT2D eigenvalue weighted by Gasteiger charge is 2.17. The zero-order valence-corrected chi connectivity index (χ0v) is 11.1. The van der Waals surface area contributed by atoms with Gasteiger partial charge in [-0.2, -0.15) is 0 Å². The van der Waals surface area contributed by atoms with Gasteiger partial charge in [-0.05, 0) is 12.8 Å². The molecule has 1 atom stereocenters. The molecule has 1 unspecified atom stereocenters. The summed E-state index contributed by atoms with van der Waals surface area (Å²) >= 11 is 0. The van der Waals surface area contributed by atoms with Crippen LogP contribution in [0.1, 0.15) is 34.1 Å². The summed E-state index contributed by atoms with van der Waals surface area (Å²) < 4.78 is 9.92. The van der Waals surface area contributed by atoms with Crippen molar-refractivity contribution in [1.82, 2.24) is 0 Å². The molecular formula is C13H22O4. The van der Waals surface area contributed by atoms with Crippen LogP contribution >= 0.6 is 0 Å². The van der Waals surface area contributed by atoms with Crippen LogP contribution in [0.2, 0.25) is 0 Å². The van der Waals surface area contributed by atoms with Gasteiger partial charge in [-0.15, -0.1) is 0 Å². The zero-order valence-electron chi connectivity index (χ0n) is 11.1. The molecule has 0 aromatic carbocycles. The average molecular weight is 242 g/mol. The lowest BCUT2D eigenvalue weighted by Crippen LogP contribution is -2.20. The fourth-order valence-electron chi connectivity index (χ4n) is 0.923. The number of ether oxygens (including phenoxy) is 2. The molecule has 0 aliphatic carbocycles. The number of esters is 2. The quantitative estimate of drug-likeness (QED) is 0.390. The Morgan fingerprint density at radius 2 is 1.65 bits per heavy atom. The van der Waals surface area contributed by atoms with Crippen LogP contribution in [-0.2, 0) is 19.1 Å². The standard InChI is InChI=1S/C13H22O4/c1-9(2)11(5)13(15)17-8-6-7-16-12(14)10(3)4/h9,11H,3,6-8H2,1-2,4-5H3. The molecule has 0 fully saturated rings. The van der Waals surface area contributed by atoms with Crippen LogP contribution in [-0.4, -0.2) is 25.2 Å². The van der Waals surface area contributed by atoms with Crippen LogP contribution in [0.5, 0.6) is 0 Å². The molecule has 0 N–H and O–H groups in total. The molecule has 0 saturated heterocycles. The van der Waals surface area contributed by atoms with Crippen LogP contribution in [0.15, 0.2) is 12.2 Å². The summed E-state index contributed by atoms with van der Waals surface area (Å²) in [6.45, 7) is 11.4. The van der Waals surface area contributed by atoms with Gasteiger partial charge in [-0.25, -0.2) is 4.79 Å². The van der Waals surface area contributed by atoms with Crippen molar-refractivity contribution in [3.63, 3.8) is 0 Å². The first-order valence-corrected chi connectivity index (χ1v) is 5.85. The molecule has 0 bridgehead atoms. The van der Waals surface area contributed by atoms with Crippen molar-refractivity contribution in [1.29, 1.82) is 0 Å². The zero-order chi connectivity index (χ0) is 13.4. The van der Waals surface area contributed by atoms with E-state index in [0.717, 1.165) is 0 Å². The molecule has 0 aliphatic rings. The molecule has 0 spiro atoms. The Labute approximate surface area is 103 Å². The van der Waals surface area contributed by atoms with Gasteiger partial charge < -0.3 is 9.47 Å². The second-order valence-electron chi connectivity index (χ2n) is 4.47. The minimum absolute atomic E-state index is 0.104. The fourth-order valence-corrected chi connectivity index (χ4v) is 0.923. The molecule has 0 aliphatic heterocycles. The Kier molecular flexibility index (Phi) is 7.26. The summed E-state index contributed by atoms with van der Waals surface area (Å²) in [4.78, 5) is 22.5. The molecule has 17 heavy (non-hydrogen) atoms. The maximum Gasteiger partial charge on any atom is 0.333 e. The summed E-state index contributed by atoms with van der Waals surface area (Å²) in [7, 11) is 0. The summed E-state index contributed by atoms with van der Waals surface area (Å²) in [5, 5.41) is 0. The van der Waals surface area contributed by atoms with Gasteiger partial charge in [0.25, 0.3) is 0 Å². The fraction of sp³-hybridized carbons (Fsp3) is 0.692. The van der Waals surface area contributed by atoms with Crippen LogP contribution in [0, 0.1) is 11.8 Å². The number of hydrogen-bond donors (Lipinski definition) is 0. The van der Waals surface area contributed by atoms with E-state index in [9.17, 15) is 9.59 Å². The molecule has 0 rings (SSSR count). The predicted molar refractivity (Wildman–Crippen MR) is 65.4 cm³/mol. The van der Waals surface area contributed by atoms with Gasteiger partial charge in [-0.1, -0.05) is 27.4 Å². The van der Waals surface area contributed by atoms with E-state index in [0.29, 0.717) is 12.0 Å². The molecule has 0 radical (unpaired) electrons. The number of rotatable bonds is 7. The Morgan fingerprint density at radius 3 is 2.12 bits per heavy atom. The normalized spacial score (nSPS) is 12.1. The van der Waals surface area contributed by atoms with Gasteiger partial charge in [0, 0.05) is 12.0 Å². The summed E-state index contributed by atoms with van der Waals surface area (Å²) in [6.07, 6.45) is 0.509. The van der Waals surface area contributed by atoms with Crippen molar-refractivity contribution < 1.29 is 19.1 Å². The summed E-state index contributed by atoms with van der Waals surface area (Å²) in [6, 6.07) is 0. The monoisotopic (exact) mass is 242 g/mol. The lowest BCUT2D eigenvalue weighted by Gasteiger charge is -2.14. The van der Waals surface area contributed by atoms with Gasteiger partial charge in [0.2, 0.25) is 0 Å². The number of carbonyl (C=O) groups excluding carboxylic acids is 2. The van der Waals surface area contributed by atoms with Crippen molar-refractivity contribution >= 4 is 11.9 Å². The van der Waals surface area contributed by atoms with Crippen LogP contribution < -0.4 is 0 Å². The maximum absolute atomic E-state index is 11.4. The molecule has 98 valence electrons. The van der Waals surface area contributed by atoms with Gasteiger partial charge in [0.1, 0.15) is 0 Å². The molecule has 4 nitrogen and oxygen atoms in total. The summed E-state index contributed by atoms with van der Waals surface area (Å²) in [5.41, 5.74) is 0.371. The molecule has 0 amide bonds. The maximum atomic E-state index is 11.4. The number of carbonyl (C=O) groups is 2. The average Bonchev–Trinajstić information content (AvgIpc) is 2.26. The lowest BCUT2D eigenvalue weighted by molar-refractivity contribution is -0.150. The second kappa shape index (κ2) is 7.87. The van der Waals surface area contributed by atoms with Gasteiger partial charge in [0.15, 0.2) is 0 Å². The third-order valence-corrected chi connectivity index (χ3v) is 2.49. The van der Waals surface area contributed by atoms with E-state index >= 15 is 0 Å². The third-order valence-electron chi connectivity index (χ3n) is 2.49. The van der Waals surface area contributed by atoms with Gasteiger partial charge in [0.05, 0.1) is 19.1 Å². The smallest absolute Gasteiger partial charge is 0.333 e. The third kappa shape index (κ3) is 6.76. The Hall–Kier alpha value is -1.32. The molecule has 0 aromatic heterocycles. The first-order chi connectivity index (χ1) is 7.86. The topological polar surface area (TPSA) is 52.6 Å². The highest BCUT2D eigenvalue weighted by molar-refractivity contribution is 5.86. The minimum Gasteiger partial charge on any atom is -0.465 e. The van der Waals surface area contributed by atoms with E-state index in [-0.39, 0.29) is 31.0 Å². The molecule has 4 heteroatoms. The Balaban J connectivity index is 3.62. The predicted octanol–water partition coefficient (Wildman–Crippen LogP) is 2.33. The Bertz CT molecular complexity index is 281. The lowest BCUT2D eigenvalue weighted by atomic mass is 9.99. The van der Waals surface area contributed by atoms with E-state index in [1.165, 1.54) is 0 Å². The highest BCUT2D eigenvalue weighted by atomic mass is 16.5. The van der Waals surface area contributed by atoms with E-state index in [4.69, 9.17) is 9.47 Å². The minimum atomic E-state index is -0.410. The van der Waals surface area contributed by atoms with Gasteiger partial charge >= 0.3 is 11.9 Å². The summed E-state index contributed by atoms with van der Waals surface area (Å²) in [5.74, 6) is -0.449. The van der Waals surface area contributed by atoms with E-state index < -0.39 is 5.97 Å². The van der Waals surface area contributed by atoms with Crippen molar-refractivity contribution in [3.05, 3.63) is 12.2 Å². The Morgan fingerprint density at radius 1 is 1.12 bits per heavy atom. The molecule has 0 heterocycles. The second-order valence-corrected chi connectivity index (χ2v) is 4.47. The molecule has 0 saturated carbocycles. The highest BCUT2D eigenvalue weighted by Crippen LogP contribution is 2.11. The molecule has 0 aromatic rings.